The molecule has 5 aliphatic rings. The fraction of sp³-hybridized carbons (Fsp3) is 0.341. The van der Waals surface area contributed by atoms with Crippen LogP contribution in [0, 0.1) is 25.7 Å². The van der Waals surface area contributed by atoms with Crippen LogP contribution in [0.15, 0.2) is 257 Å². The molecule has 8 aromatic carbocycles. The molecule has 19 unspecified atom stereocenters. The molecule has 0 bridgehead atoms. The van der Waals surface area contributed by atoms with Crippen LogP contribution in [0.5, 0.6) is 23.0 Å². The molecule has 812 valence electrons. The van der Waals surface area contributed by atoms with E-state index in [0.29, 0.717) is 35.9 Å². The maximum Gasteiger partial charge on any atom is 0.530 e. The minimum absolute atomic E-state index is 0.0116. The van der Waals surface area contributed by atoms with Crippen molar-refractivity contribution in [1.82, 2.24) is 28.7 Å². The number of phosphoric ester groups is 2. The minimum Gasteiger partial charge on any atom is -0.516 e. The number of anilines is 3. The van der Waals surface area contributed by atoms with Gasteiger partial charge in [-0.1, -0.05) is 224 Å². The number of alkyl halides is 3. The number of rotatable bonds is 35. The zero-order valence-corrected chi connectivity index (χ0v) is 113. The molecule has 0 saturated carbocycles. The van der Waals surface area contributed by atoms with Crippen LogP contribution in [0.25, 0.3) is 0 Å². The van der Waals surface area contributed by atoms with Crippen LogP contribution in [-0.2, 0) is 65.7 Å². The first-order valence-electron chi connectivity index (χ1n) is 46.2. The Hall–Kier alpha value is 0.500. The van der Waals surface area contributed by atoms with Crippen LogP contribution < -0.4 is 52.0 Å². The molecular weight excluding hydrogens is 2460 g/mol. The van der Waals surface area contributed by atoms with Gasteiger partial charge in [-0.15, -0.1) is 116 Å². The van der Waals surface area contributed by atoms with E-state index < -0.39 is 122 Å². The molecule has 0 aliphatic carbocycles. The second-order valence-corrected chi connectivity index (χ2v) is 137. The summed E-state index contributed by atoms with van der Waals surface area (Å²) in [6.45, 7) is 12.5. The Kier molecular flexibility index (Phi) is 50.7. The fourth-order valence-electron chi connectivity index (χ4n) is 17.5. The van der Waals surface area contributed by atoms with Gasteiger partial charge in [-0.2, -0.15) is 21.9 Å². The average Bonchev–Trinajstić information content (AvgIpc) is 1.17. The zero-order valence-electron chi connectivity index (χ0n) is 83.1. The summed E-state index contributed by atoms with van der Waals surface area (Å²) in [5, 5.41) is 27.7. The number of halogens is 3. The number of ether oxygens (including phenoxy) is 5. The van der Waals surface area contributed by atoms with Crippen molar-refractivity contribution in [3.05, 3.63) is 330 Å². The van der Waals surface area contributed by atoms with Gasteiger partial charge in [0.05, 0.1) is 52.9 Å². The number of nitrogens with two attached hydrogens (primary N) is 1. The van der Waals surface area contributed by atoms with Gasteiger partial charge in [-0.05, 0) is 176 Å². The van der Waals surface area contributed by atoms with E-state index in [1.165, 1.54) is 29.2 Å². The van der Waals surface area contributed by atoms with Gasteiger partial charge in [0.1, 0.15) is 68.8 Å². The Balaban J connectivity index is 0.000000181. The maximum absolute atomic E-state index is 16.2. The molecule has 0 spiro atoms. The predicted octanol–water partition coefficient (Wildman–Crippen LogP) is 31.4. The first-order chi connectivity index (χ1) is 71.4. The van der Waals surface area contributed by atoms with E-state index in [1.807, 2.05) is 215 Å². The number of nitrogen functional groups attached to an aromatic ring is 1. The summed E-state index contributed by atoms with van der Waals surface area (Å²) < 4.78 is 139. The van der Waals surface area contributed by atoms with Gasteiger partial charge >= 0.3 is 32.7 Å². The zero-order chi connectivity index (χ0) is 109. The van der Waals surface area contributed by atoms with Crippen molar-refractivity contribution in [3.63, 3.8) is 0 Å². The Morgan fingerprint density at radius 1 is 0.467 bits per heavy atom. The predicted molar refractivity (Wildman–Crippen MR) is 682 cm³/mol. The number of hydrogen-bond donors (Lipinski definition) is 5. The Labute approximate surface area is 923 Å². The molecule has 6 N–H and O–H groups in total. The largest absolute Gasteiger partial charge is 0.530 e. The number of nitrogens with one attached hydrogen (secondary N) is 2. The third-order valence-electron chi connectivity index (χ3n) is 25.8. The van der Waals surface area contributed by atoms with Crippen molar-refractivity contribution in [1.29, 1.82) is 0 Å². The number of phosphoric acid groups is 2. The minimum atomic E-state index is -4.05. The van der Waals surface area contributed by atoms with Crippen LogP contribution >= 0.6 is 234 Å². The topological polar surface area (TPSA) is 331 Å². The van der Waals surface area contributed by atoms with E-state index in [9.17, 15) is 38.1 Å². The van der Waals surface area contributed by atoms with Gasteiger partial charge < -0.3 is 76.2 Å². The summed E-state index contributed by atoms with van der Waals surface area (Å²) in [7, 11) is 42.8. The number of hydrogen-bond acceptors (Lipinski definition) is 24. The van der Waals surface area contributed by atoms with E-state index in [1.54, 1.807) is 74.1 Å². The molecule has 59 heteroatoms. The van der Waals surface area contributed by atoms with Gasteiger partial charge in [0.15, 0.2) is 37.2 Å². The lowest BCUT2D eigenvalue weighted by atomic mass is 9.77. The summed E-state index contributed by atoms with van der Waals surface area (Å²) in [5.74, 6) is 1.51. The summed E-state index contributed by atoms with van der Waals surface area (Å²) in [6.07, 6.45) is -5.62. The molecule has 27 nitrogen and oxygen atoms in total. The van der Waals surface area contributed by atoms with Crippen molar-refractivity contribution >= 4 is 252 Å². The number of nitrogens with zero attached hydrogens (tertiary/aromatic N) is 6. The highest BCUT2D eigenvalue weighted by molar-refractivity contribution is 9.27. The second-order valence-electron chi connectivity index (χ2n) is 34.6. The first-order valence-corrected chi connectivity index (χ1v) is 95.8. The van der Waals surface area contributed by atoms with Gasteiger partial charge in [0.25, 0.3) is 0 Å². The van der Waals surface area contributed by atoms with Crippen LogP contribution in [0.1, 0.15) is 128 Å². The lowest BCUT2D eigenvalue weighted by Gasteiger charge is -2.43. The van der Waals surface area contributed by atoms with E-state index >= 15 is 8.78 Å². The molecule has 8 heterocycles. The first kappa shape index (κ1) is 129. The molecule has 3 saturated heterocycles. The second kappa shape index (κ2) is 58.9. The van der Waals surface area contributed by atoms with Crippen LogP contribution in [0.4, 0.5) is 30.6 Å². The van der Waals surface area contributed by atoms with Crippen molar-refractivity contribution in [3.8, 4) is 23.0 Å². The average molecular weight is 2590 g/mol. The molecule has 0 radical (unpaired) electrons. The number of benzene rings is 8. The third kappa shape index (κ3) is 30.7. The van der Waals surface area contributed by atoms with Gasteiger partial charge in [0, 0.05) is 41.6 Å². The Bertz CT molecular complexity index is 6430. The number of methoxy groups -OCH3 is 2. The summed E-state index contributed by atoms with van der Waals surface area (Å²) >= 11 is 0. The van der Waals surface area contributed by atoms with Gasteiger partial charge in [0.2, 0.25) is 0 Å². The van der Waals surface area contributed by atoms with E-state index in [4.69, 9.17) is 56.6 Å². The number of fused-ring (bicyclic) bond motifs is 2. The quantitative estimate of drug-likeness (QED) is 0.0182. The van der Waals surface area contributed by atoms with E-state index in [0.717, 1.165) is 70.5 Å². The molecule has 11 aromatic rings. The molecule has 5 aliphatic heterocycles. The van der Waals surface area contributed by atoms with Crippen LogP contribution in [-0.4, -0.2) is 114 Å². The number of aliphatic hydroxyl groups excluding tert-OH is 2. The lowest BCUT2D eigenvalue weighted by molar-refractivity contribution is -0.129. The smallest absolute Gasteiger partial charge is 0.516 e. The molecule has 16 rings (SSSR count). The SMILES string of the molecule is CC[C@]1(CO)O[C@@H](n2ccc(NC(c3ccccc3)(c3ccccc3)c3ccc(OC)cc3)nc2=O)[C@H](F)[C@@H]1C.CC[C@]1(COP2(=O)OCc3cccc(C)c3O2)O[C@@H](n2ccc(N)nc2=O)[C@H](F)[C@@H]1O.CC[C@]1(COP2(=O)OCc3cccc(C)c3O2)O[C@@H](n2ccc(NC(c3ccccc3)(c3ccccc3)c3ccc(OC)cc3)nc2=O)[C@H](F)[C@@H]1C.P[P-]P(P(P)P)P(P(P)P)P(P)P.[PH-]P(P)P(P(P)P)P(P(P)P)P(P)P. The molecular formula is C91H127F3N9O18P29-2. The molecule has 0 amide bonds. The van der Waals surface area contributed by atoms with Gasteiger partial charge in [-0.25, -0.2) is 43.7 Å². The summed E-state index contributed by atoms with van der Waals surface area (Å²) in [4.78, 5) is 51.5. The number of aryl methyl sites for hydroxylation is 2. The molecule has 3 aromatic heterocycles. The summed E-state index contributed by atoms with van der Waals surface area (Å²) in [5.41, 5.74) is 6.00. The van der Waals surface area contributed by atoms with Crippen molar-refractivity contribution < 1.29 is 83.3 Å². The van der Waals surface area contributed by atoms with Crippen LogP contribution in [0.3, 0.4) is 0 Å². The highest BCUT2D eigenvalue weighted by Crippen LogP contribution is 3.22. The van der Waals surface area contributed by atoms with Crippen LogP contribution in [0.2, 0.25) is 0 Å². The lowest BCUT2D eigenvalue weighted by Crippen LogP contribution is -2.45. The Morgan fingerprint density at radius 3 is 1.11 bits per heavy atom. The number of aliphatic hydroxyl groups is 2. The molecule has 3 fully saturated rings. The van der Waals surface area contributed by atoms with Gasteiger partial charge in [-0.3, -0.25) is 40.7 Å². The highest BCUT2D eigenvalue weighted by Gasteiger charge is 2.59. The molecule has 31 atom stereocenters. The number of aromatic nitrogens is 6. The van der Waals surface area contributed by atoms with Crippen molar-refractivity contribution in [2.75, 3.05) is 50.4 Å². The summed E-state index contributed by atoms with van der Waals surface area (Å²) in [6, 6.07) is 70.6. The number of para-hydroxylation sites is 2. The molecule has 150 heavy (non-hydrogen) atoms. The standard InChI is InChI=1S/C40H41FN3O7P.C32H34FN3O4.C19H23FN3O7P.H15P14.H14P13/c1-5-39(26-49-52(46)48-25-29-14-12-13-27(2)36(29)51-52)28(3)35(41)37(50-39)44-24-23-34(42-38(44)45)43-40(30-15-8-6-9-16-30,31-17-10-7-11-18-31)32-19-21-33(47-4)22-20-32;1-4-31(21-37)22(2)28(33)29(40-31)36-20-19-27(34-30(36)38)35-32(23-11-7-5-8-12-23,24-13-9-6-10-14-24)25-15-17-26(39-3)18-16-25;1-3-19(10-28-31(26)27-9-12-6-4-5-11(2)15(12)30-31)16(24)14(20)17(29-19)23-8-7-13(21)22-18(23)25;1-9(2)13(10(3)4)14(11(5)6)12(7)8;1-8-12(9(2)3)13(10(4)5)11(6)7/h6-24,28,35,37H,5,25-26H2,1-4H3,(H,42,43,45);5-20,22,28-29,37H,4,21H2,1-3H3,(H,34,35,38);4-8,14,16-17,24H,3,9-10H2,1-2H3,(H2,21,22,25);1H,2-8H2;1-7H2/q;;;2*-1/t28-,35+,37+,39+,52?;22-,28+,29+,31+;14-,16+,17-,19-,31?;;/m001../s1. The maximum atomic E-state index is 16.2. The third-order valence-corrected chi connectivity index (χ3v) is 177. The van der Waals surface area contributed by atoms with E-state index in [-0.39, 0.29) is 121 Å². The van der Waals surface area contributed by atoms with E-state index in [2.05, 4.69) is 160 Å². The van der Waals surface area contributed by atoms with Crippen molar-refractivity contribution in [2.45, 2.75) is 152 Å². The monoisotopic (exact) mass is 2590 g/mol. The van der Waals surface area contributed by atoms with Crippen molar-refractivity contribution in [2.24, 2.45) is 11.8 Å². The normalized spacial score (nSPS) is 24.1. The Morgan fingerprint density at radius 2 is 0.800 bits per heavy atom. The highest BCUT2D eigenvalue weighted by atomic mass is 33.3. The fourth-order valence-corrected chi connectivity index (χ4v) is 285.